The number of nitrogens with one attached hydrogen (secondary N) is 1. The van der Waals surface area contributed by atoms with E-state index >= 15 is 0 Å². The van der Waals surface area contributed by atoms with Crippen LogP contribution in [0.1, 0.15) is 12.0 Å². The first kappa shape index (κ1) is 16.7. The molecular formula is C12H18Cl2N2O2S. The molecule has 0 saturated carbocycles. The van der Waals surface area contributed by atoms with Gasteiger partial charge in [0, 0.05) is 24.7 Å². The summed E-state index contributed by atoms with van der Waals surface area (Å²) in [6, 6.07) is 4.97. The maximum Gasteiger partial charge on any atom is 0.243 e. The highest BCUT2D eigenvalue weighted by atomic mass is 35.5. The van der Waals surface area contributed by atoms with E-state index in [1.807, 2.05) is 0 Å². The van der Waals surface area contributed by atoms with E-state index in [1.54, 1.807) is 26.1 Å². The molecule has 1 saturated heterocycles. The average molecular weight is 325 g/mol. The predicted octanol–water partition coefficient (Wildman–Crippen LogP) is 2.05. The van der Waals surface area contributed by atoms with Crippen LogP contribution in [-0.4, -0.2) is 38.9 Å². The molecule has 0 radical (unpaired) electrons. The topological polar surface area (TPSA) is 49.4 Å². The zero-order valence-corrected chi connectivity index (χ0v) is 13.3. The molecule has 0 spiro atoms. The number of hydrogen-bond acceptors (Lipinski definition) is 3. The second-order valence-corrected chi connectivity index (χ2v) is 6.98. The summed E-state index contributed by atoms with van der Waals surface area (Å²) >= 11 is 5.89. The molecular weight excluding hydrogens is 307 g/mol. The van der Waals surface area contributed by atoms with Gasteiger partial charge in [-0.3, -0.25) is 0 Å². The standard InChI is InChI=1S/C12H17ClN2O2S.ClH/c1-9-3-4-10(13)7-12(9)18(16,17)15(2)11-5-6-14-8-11;/h3-4,7,11,14H,5-6,8H2,1-2H3;1H. The number of hydrogen-bond donors (Lipinski definition) is 1. The van der Waals surface area contributed by atoms with Gasteiger partial charge in [0.2, 0.25) is 10.0 Å². The molecule has 1 aliphatic heterocycles. The monoisotopic (exact) mass is 324 g/mol. The summed E-state index contributed by atoms with van der Waals surface area (Å²) in [6.07, 6.45) is 0.843. The highest BCUT2D eigenvalue weighted by Gasteiger charge is 2.30. The molecule has 1 unspecified atom stereocenters. The van der Waals surface area contributed by atoms with Gasteiger partial charge >= 0.3 is 0 Å². The van der Waals surface area contributed by atoms with Gasteiger partial charge in [-0.1, -0.05) is 17.7 Å². The van der Waals surface area contributed by atoms with E-state index in [4.69, 9.17) is 11.6 Å². The number of benzene rings is 1. The lowest BCUT2D eigenvalue weighted by Crippen LogP contribution is -2.38. The maximum atomic E-state index is 12.5. The van der Waals surface area contributed by atoms with Crippen molar-refractivity contribution >= 4 is 34.0 Å². The Kier molecular flexibility index (Phi) is 5.65. The first-order valence-corrected chi connectivity index (χ1v) is 7.69. The molecule has 0 aromatic heterocycles. The summed E-state index contributed by atoms with van der Waals surface area (Å²) in [7, 11) is -1.83. The minimum atomic E-state index is -3.47. The molecule has 1 fully saturated rings. The van der Waals surface area contributed by atoms with Gasteiger partial charge in [0.05, 0.1) is 4.90 Å². The van der Waals surface area contributed by atoms with Crippen molar-refractivity contribution < 1.29 is 8.42 Å². The van der Waals surface area contributed by atoms with E-state index in [-0.39, 0.29) is 18.4 Å². The second kappa shape index (κ2) is 6.41. The van der Waals surface area contributed by atoms with Gasteiger partial charge in [0.1, 0.15) is 0 Å². The molecule has 1 aromatic carbocycles. The molecule has 0 aliphatic carbocycles. The van der Waals surface area contributed by atoms with Crippen LogP contribution in [0.4, 0.5) is 0 Å². The van der Waals surface area contributed by atoms with Gasteiger partial charge in [0.25, 0.3) is 0 Å². The Balaban J connectivity index is 0.00000180. The normalized spacial score (nSPS) is 19.5. The van der Waals surface area contributed by atoms with Crippen LogP contribution >= 0.6 is 24.0 Å². The van der Waals surface area contributed by atoms with E-state index in [0.29, 0.717) is 16.5 Å². The number of halogens is 2. The van der Waals surface area contributed by atoms with Crippen molar-refractivity contribution in [2.24, 2.45) is 0 Å². The zero-order valence-electron chi connectivity index (χ0n) is 10.9. The van der Waals surface area contributed by atoms with Crippen molar-refractivity contribution in [3.8, 4) is 0 Å². The SMILES string of the molecule is Cc1ccc(Cl)cc1S(=O)(=O)N(C)C1CCNC1.Cl. The van der Waals surface area contributed by atoms with Crippen LogP contribution < -0.4 is 5.32 Å². The van der Waals surface area contributed by atoms with Gasteiger partial charge in [-0.05, 0) is 37.6 Å². The molecule has 0 bridgehead atoms. The van der Waals surface area contributed by atoms with Crippen LogP contribution in [0.2, 0.25) is 5.02 Å². The largest absolute Gasteiger partial charge is 0.315 e. The molecule has 1 N–H and O–H groups in total. The van der Waals surface area contributed by atoms with Crippen molar-refractivity contribution in [1.29, 1.82) is 0 Å². The van der Waals surface area contributed by atoms with Gasteiger partial charge in [-0.25, -0.2) is 8.42 Å². The molecule has 108 valence electrons. The van der Waals surface area contributed by atoms with Gasteiger partial charge in [-0.2, -0.15) is 4.31 Å². The summed E-state index contributed by atoms with van der Waals surface area (Å²) < 4.78 is 26.5. The van der Waals surface area contributed by atoms with E-state index in [2.05, 4.69) is 5.32 Å². The molecule has 7 heteroatoms. The minimum Gasteiger partial charge on any atom is -0.315 e. The van der Waals surface area contributed by atoms with Gasteiger partial charge < -0.3 is 5.32 Å². The van der Waals surface area contributed by atoms with Gasteiger partial charge in [0.15, 0.2) is 0 Å². The molecule has 2 rings (SSSR count). The highest BCUT2D eigenvalue weighted by molar-refractivity contribution is 7.89. The van der Waals surface area contributed by atoms with Crippen molar-refractivity contribution in [2.75, 3.05) is 20.1 Å². The molecule has 1 atom stereocenters. The fourth-order valence-electron chi connectivity index (χ4n) is 2.15. The molecule has 1 aliphatic rings. The highest BCUT2D eigenvalue weighted by Crippen LogP contribution is 2.25. The third kappa shape index (κ3) is 3.41. The molecule has 4 nitrogen and oxygen atoms in total. The number of aryl methyl sites for hydroxylation is 1. The third-order valence-corrected chi connectivity index (χ3v) is 5.64. The lowest BCUT2D eigenvalue weighted by molar-refractivity contribution is 0.387. The fraction of sp³-hybridized carbons (Fsp3) is 0.500. The Morgan fingerprint density at radius 2 is 2.11 bits per heavy atom. The quantitative estimate of drug-likeness (QED) is 0.925. The first-order valence-electron chi connectivity index (χ1n) is 5.88. The van der Waals surface area contributed by atoms with Crippen LogP contribution in [-0.2, 0) is 10.0 Å². The van der Waals surface area contributed by atoms with Crippen molar-refractivity contribution in [2.45, 2.75) is 24.3 Å². The van der Waals surface area contributed by atoms with Crippen molar-refractivity contribution in [3.05, 3.63) is 28.8 Å². The average Bonchev–Trinajstić information content (AvgIpc) is 2.84. The Morgan fingerprint density at radius 1 is 1.42 bits per heavy atom. The third-order valence-electron chi connectivity index (χ3n) is 3.36. The molecule has 1 aromatic rings. The van der Waals surface area contributed by atoms with Crippen LogP contribution in [0, 0.1) is 6.92 Å². The van der Waals surface area contributed by atoms with Crippen LogP contribution in [0.3, 0.4) is 0 Å². The number of likely N-dealkylation sites (N-methyl/N-ethyl adjacent to an activating group) is 1. The number of rotatable bonds is 3. The summed E-state index contributed by atoms with van der Waals surface area (Å²) in [4.78, 5) is 0.296. The van der Waals surface area contributed by atoms with Crippen LogP contribution in [0.5, 0.6) is 0 Å². The summed E-state index contributed by atoms with van der Waals surface area (Å²) in [6.45, 7) is 3.35. The van der Waals surface area contributed by atoms with Crippen LogP contribution in [0.25, 0.3) is 0 Å². The second-order valence-electron chi connectivity index (χ2n) is 4.58. The Bertz CT molecular complexity index is 543. The maximum absolute atomic E-state index is 12.5. The lowest BCUT2D eigenvalue weighted by Gasteiger charge is -2.24. The van der Waals surface area contributed by atoms with E-state index in [9.17, 15) is 8.42 Å². The lowest BCUT2D eigenvalue weighted by atomic mass is 10.2. The van der Waals surface area contributed by atoms with E-state index < -0.39 is 10.0 Å². The summed E-state index contributed by atoms with van der Waals surface area (Å²) in [5.41, 5.74) is 0.720. The Hall–Kier alpha value is -0.330. The smallest absolute Gasteiger partial charge is 0.243 e. The number of sulfonamides is 1. The zero-order chi connectivity index (χ0) is 13.3. The van der Waals surface area contributed by atoms with E-state index in [0.717, 1.165) is 18.5 Å². The Morgan fingerprint density at radius 3 is 2.68 bits per heavy atom. The minimum absolute atomic E-state index is 0. The fourth-order valence-corrected chi connectivity index (χ4v) is 4.02. The molecule has 0 amide bonds. The summed E-state index contributed by atoms with van der Waals surface area (Å²) in [5.74, 6) is 0. The summed E-state index contributed by atoms with van der Waals surface area (Å²) in [5, 5.41) is 3.61. The van der Waals surface area contributed by atoms with Gasteiger partial charge in [-0.15, -0.1) is 12.4 Å². The van der Waals surface area contributed by atoms with Crippen molar-refractivity contribution in [1.82, 2.24) is 9.62 Å². The Labute approximate surface area is 125 Å². The molecule has 19 heavy (non-hydrogen) atoms. The number of nitrogens with zero attached hydrogens (tertiary/aromatic N) is 1. The van der Waals surface area contributed by atoms with E-state index in [1.165, 1.54) is 10.4 Å². The van der Waals surface area contributed by atoms with Crippen LogP contribution in [0.15, 0.2) is 23.1 Å². The van der Waals surface area contributed by atoms with Crippen molar-refractivity contribution in [3.63, 3.8) is 0 Å². The molecule has 1 heterocycles. The first-order chi connectivity index (χ1) is 8.43. The predicted molar refractivity (Wildman–Crippen MR) is 79.7 cm³/mol.